The number of ether oxygens (including phenoxy) is 1. The lowest BCUT2D eigenvalue weighted by atomic mass is 9.97. The number of hydrogen-bond acceptors (Lipinski definition) is 6. The Morgan fingerprint density at radius 2 is 1.90 bits per heavy atom. The minimum Gasteiger partial charge on any atom is -0.482 e. The van der Waals surface area contributed by atoms with Crippen molar-refractivity contribution in [1.82, 2.24) is 10.2 Å². The Morgan fingerprint density at radius 3 is 2.62 bits per heavy atom. The maximum absolute atomic E-state index is 12.8. The van der Waals surface area contributed by atoms with E-state index >= 15 is 0 Å². The summed E-state index contributed by atoms with van der Waals surface area (Å²) >= 11 is 0. The number of nitro benzene ring substituents is 1. The maximum atomic E-state index is 12.8. The first-order valence-corrected chi connectivity index (χ1v) is 13.1. The Kier molecular flexibility index (Phi) is 8.93. The number of nitro groups is 1. The van der Waals surface area contributed by atoms with Crippen LogP contribution < -0.4 is 10.1 Å². The molecule has 1 aliphatic rings. The van der Waals surface area contributed by atoms with E-state index in [1.807, 2.05) is 60.4 Å². The summed E-state index contributed by atoms with van der Waals surface area (Å²) in [6.07, 6.45) is 2.35. The normalized spacial score (nSPS) is 16.3. The zero-order chi connectivity index (χ0) is 27.9. The number of nitrogens with zero attached hydrogens (tertiary/aromatic N) is 2. The van der Waals surface area contributed by atoms with Gasteiger partial charge in [0.05, 0.1) is 11.0 Å². The molecule has 9 nitrogen and oxygen atoms in total. The molecule has 204 valence electrons. The van der Waals surface area contributed by atoms with Crippen molar-refractivity contribution in [2.75, 3.05) is 6.54 Å². The van der Waals surface area contributed by atoms with Crippen LogP contribution in [0.15, 0.2) is 66.7 Å². The summed E-state index contributed by atoms with van der Waals surface area (Å²) in [4.78, 5) is 37.3. The van der Waals surface area contributed by atoms with Crippen LogP contribution in [-0.4, -0.2) is 45.4 Å². The fourth-order valence-electron chi connectivity index (χ4n) is 4.93. The predicted molar refractivity (Wildman–Crippen MR) is 147 cm³/mol. The number of hydrogen-bond donors (Lipinski definition) is 2. The van der Waals surface area contributed by atoms with Gasteiger partial charge in [-0.15, -0.1) is 0 Å². The van der Waals surface area contributed by atoms with Gasteiger partial charge in [-0.05, 0) is 67.1 Å². The number of amides is 1. The van der Waals surface area contributed by atoms with Crippen LogP contribution in [0, 0.1) is 17.0 Å². The number of nitrogens with one attached hydrogen (secondary N) is 1. The molecular formula is C30H33N3O6. The van der Waals surface area contributed by atoms with Crippen molar-refractivity contribution in [3.63, 3.8) is 0 Å². The first-order valence-electron chi connectivity index (χ1n) is 13.1. The molecule has 0 aromatic heterocycles. The third-order valence-corrected chi connectivity index (χ3v) is 7.17. The van der Waals surface area contributed by atoms with Gasteiger partial charge in [-0.2, -0.15) is 0 Å². The van der Waals surface area contributed by atoms with Gasteiger partial charge in [0.1, 0.15) is 12.6 Å². The summed E-state index contributed by atoms with van der Waals surface area (Å²) in [7, 11) is 0. The molecule has 0 radical (unpaired) electrons. The number of benzene rings is 3. The van der Waals surface area contributed by atoms with Crippen LogP contribution in [0.2, 0.25) is 0 Å². The van der Waals surface area contributed by atoms with Gasteiger partial charge in [-0.3, -0.25) is 24.6 Å². The summed E-state index contributed by atoms with van der Waals surface area (Å²) in [6, 6.07) is 19.4. The Hall–Kier alpha value is -4.24. The van der Waals surface area contributed by atoms with Crippen LogP contribution in [0.4, 0.5) is 5.69 Å². The SMILES string of the molecule is Cc1c(COc2ccc(CN3CCCC[C@H]3C(=O)NC(C)C(=O)O)cc2[N+](=O)[O-])cccc1-c1ccccc1. The lowest BCUT2D eigenvalue weighted by Gasteiger charge is -2.35. The van der Waals surface area contributed by atoms with E-state index < -0.39 is 23.0 Å². The molecule has 1 heterocycles. The lowest BCUT2D eigenvalue weighted by Crippen LogP contribution is -2.52. The minimum atomic E-state index is -1.10. The fraction of sp³-hybridized carbons (Fsp3) is 0.333. The monoisotopic (exact) mass is 531 g/mol. The number of piperidine rings is 1. The average Bonchev–Trinajstić information content (AvgIpc) is 2.93. The molecule has 0 aliphatic carbocycles. The summed E-state index contributed by atoms with van der Waals surface area (Å²) in [5.41, 5.74) is 4.71. The van der Waals surface area contributed by atoms with Crippen LogP contribution in [0.3, 0.4) is 0 Å². The summed E-state index contributed by atoms with van der Waals surface area (Å²) < 4.78 is 5.95. The van der Waals surface area contributed by atoms with Crippen LogP contribution in [0.5, 0.6) is 5.75 Å². The second-order valence-electron chi connectivity index (χ2n) is 9.85. The molecule has 1 unspecified atom stereocenters. The van der Waals surface area contributed by atoms with E-state index in [9.17, 15) is 19.7 Å². The number of rotatable bonds is 10. The number of carbonyl (C=O) groups is 2. The van der Waals surface area contributed by atoms with E-state index in [2.05, 4.69) is 5.32 Å². The molecule has 3 aromatic rings. The van der Waals surface area contributed by atoms with Gasteiger partial charge in [-0.1, -0.05) is 61.0 Å². The number of carboxylic acids is 1. The topological polar surface area (TPSA) is 122 Å². The number of carbonyl (C=O) groups excluding carboxylic acids is 1. The van der Waals surface area contributed by atoms with Crippen LogP contribution in [0.1, 0.15) is 42.9 Å². The Balaban J connectivity index is 1.49. The van der Waals surface area contributed by atoms with Gasteiger partial charge in [-0.25, -0.2) is 0 Å². The predicted octanol–water partition coefficient (Wildman–Crippen LogP) is 5.09. The quantitative estimate of drug-likeness (QED) is 0.276. The van der Waals surface area contributed by atoms with E-state index in [1.54, 1.807) is 12.1 Å². The highest BCUT2D eigenvalue weighted by Gasteiger charge is 2.31. The van der Waals surface area contributed by atoms with Gasteiger partial charge >= 0.3 is 11.7 Å². The van der Waals surface area contributed by atoms with Crippen molar-refractivity contribution in [1.29, 1.82) is 0 Å². The molecular weight excluding hydrogens is 498 g/mol. The molecule has 0 saturated carbocycles. The van der Waals surface area contributed by atoms with Crippen molar-refractivity contribution in [2.45, 2.75) is 58.3 Å². The molecule has 3 aromatic carbocycles. The largest absolute Gasteiger partial charge is 0.482 e. The highest BCUT2D eigenvalue weighted by molar-refractivity contribution is 5.86. The van der Waals surface area contributed by atoms with E-state index in [-0.39, 0.29) is 24.0 Å². The smallest absolute Gasteiger partial charge is 0.325 e. The molecule has 1 fully saturated rings. The maximum Gasteiger partial charge on any atom is 0.325 e. The van der Waals surface area contributed by atoms with Gasteiger partial charge in [0, 0.05) is 12.6 Å². The molecule has 0 bridgehead atoms. The second-order valence-corrected chi connectivity index (χ2v) is 9.85. The molecule has 1 saturated heterocycles. The van der Waals surface area contributed by atoms with Crippen LogP contribution >= 0.6 is 0 Å². The zero-order valence-electron chi connectivity index (χ0n) is 22.1. The first kappa shape index (κ1) is 27.8. The average molecular weight is 532 g/mol. The van der Waals surface area contributed by atoms with E-state index in [0.717, 1.165) is 35.1 Å². The minimum absolute atomic E-state index is 0.137. The summed E-state index contributed by atoms with van der Waals surface area (Å²) in [5.74, 6) is -1.26. The van der Waals surface area contributed by atoms with Crippen LogP contribution in [0.25, 0.3) is 11.1 Å². The standard InChI is InChI=1S/C30H33N3O6/c1-20-24(11-8-12-25(20)23-9-4-3-5-10-23)19-39-28-15-14-22(17-27(28)33(37)38)18-32-16-7-6-13-26(32)29(34)31-21(2)30(35)36/h3-5,8-12,14-15,17,21,26H,6-7,13,16,18-19H2,1-2H3,(H,31,34)(H,35,36)/t21?,26-/m0/s1. The number of carboxylic acid groups (broad SMARTS) is 1. The van der Waals surface area contributed by atoms with E-state index in [1.165, 1.54) is 13.0 Å². The third-order valence-electron chi connectivity index (χ3n) is 7.17. The van der Waals surface area contributed by atoms with Crippen molar-refractivity contribution in [2.24, 2.45) is 0 Å². The second kappa shape index (κ2) is 12.5. The van der Waals surface area contributed by atoms with Gasteiger partial charge in [0.15, 0.2) is 5.75 Å². The molecule has 1 amide bonds. The summed E-state index contributed by atoms with van der Waals surface area (Å²) in [6.45, 7) is 4.60. The molecule has 4 rings (SSSR count). The molecule has 0 spiro atoms. The Labute approximate surface area is 227 Å². The van der Waals surface area contributed by atoms with Crippen molar-refractivity contribution in [3.8, 4) is 16.9 Å². The zero-order valence-corrected chi connectivity index (χ0v) is 22.1. The summed E-state index contributed by atoms with van der Waals surface area (Å²) in [5, 5.41) is 23.6. The van der Waals surface area contributed by atoms with Crippen molar-refractivity contribution < 1.29 is 24.4 Å². The van der Waals surface area contributed by atoms with E-state index in [4.69, 9.17) is 9.84 Å². The van der Waals surface area contributed by atoms with Gasteiger partial charge in [0.25, 0.3) is 0 Å². The molecule has 2 N–H and O–H groups in total. The highest BCUT2D eigenvalue weighted by atomic mass is 16.6. The van der Waals surface area contributed by atoms with Crippen molar-refractivity contribution >= 4 is 17.6 Å². The van der Waals surface area contributed by atoms with Gasteiger partial charge in [0.2, 0.25) is 5.91 Å². The Bertz CT molecular complexity index is 1340. The molecule has 9 heteroatoms. The molecule has 1 aliphatic heterocycles. The molecule has 2 atom stereocenters. The lowest BCUT2D eigenvalue weighted by molar-refractivity contribution is -0.386. The third kappa shape index (κ3) is 6.80. The highest BCUT2D eigenvalue weighted by Crippen LogP contribution is 2.32. The fourth-order valence-corrected chi connectivity index (χ4v) is 4.93. The Morgan fingerprint density at radius 1 is 1.13 bits per heavy atom. The van der Waals surface area contributed by atoms with Gasteiger partial charge < -0.3 is 15.2 Å². The molecule has 39 heavy (non-hydrogen) atoms. The number of aliphatic carboxylic acids is 1. The van der Waals surface area contributed by atoms with E-state index in [0.29, 0.717) is 25.1 Å². The van der Waals surface area contributed by atoms with Crippen LogP contribution in [-0.2, 0) is 22.7 Å². The number of likely N-dealkylation sites (tertiary alicyclic amines) is 1. The van der Waals surface area contributed by atoms with Crippen molar-refractivity contribution in [3.05, 3.63) is 93.5 Å². The first-order chi connectivity index (χ1) is 18.7.